The first-order chi connectivity index (χ1) is 9.29. The van der Waals surface area contributed by atoms with E-state index in [1.165, 1.54) is 6.07 Å². The summed E-state index contributed by atoms with van der Waals surface area (Å²) in [6.45, 7) is 5.35. The lowest BCUT2D eigenvalue weighted by atomic mass is 9.85. The van der Waals surface area contributed by atoms with Crippen molar-refractivity contribution in [1.29, 1.82) is 0 Å². The molecule has 1 N–H and O–H groups in total. The molecule has 0 aliphatic rings. The number of aliphatic hydroxyl groups is 1. The molecule has 0 amide bonds. The third kappa shape index (κ3) is 3.28. The molecule has 0 saturated carbocycles. The lowest BCUT2D eigenvalue weighted by Crippen LogP contribution is -2.27. The smallest absolute Gasteiger partial charge is 0.129 e. The number of halogens is 2. The maximum Gasteiger partial charge on any atom is 0.129 e. The number of hydrogen-bond donors (Lipinski definition) is 1. The molecular formula is C17H18BrFO. The molecule has 0 aromatic heterocycles. The standard InChI is InChI=1S/C17H18BrFO/c1-11-8-12(2)16(15(19)9-11)17(3,20)10-13-4-6-14(18)7-5-13/h4-9,20H,10H2,1-3H3. The Bertz CT molecular complexity index is 594. The summed E-state index contributed by atoms with van der Waals surface area (Å²) in [6, 6.07) is 11.1. The third-order valence-electron chi connectivity index (χ3n) is 3.43. The Morgan fingerprint density at radius 2 is 1.75 bits per heavy atom. The Kier molecular flexibility index (Phi) is 4.31. The highest BCUT2D eigenvalue weighted by molar-refractivity contribution is 9.10. The van der Waals surface area contributed by atoms with Crippen molar-refractivity contribution in [3.8, 4) is 0 Å². The van der Waals surface area contributed by atoms with Crippen LogP contribution in [0.5, 0.6) is 0 Å². The molecule has 1 atom stereocenters. The second-order valence-corrected chi connectivity index (χ2v) is 6.43. The molecule has 106 valence electrons. The topological polar surface area (TPSA) is 20.2 Å². The number of hydrogen-bond acceptors (Lipinski definition) is 1. The number of benzene rings is 2. The molecule has 0 bridgehead atoms. The average Bonchev–Trinajstić information content (AvgIpc) is 2.30. The lowest BCUT2D eigenvalue weighted by Gasteiger charge is -2.27. The van der Waals surface area contributed by atoms with Crippen LogP contribution in [0, 0.1) is 19.7 Å². The van der Waals surface area contributed by atoms with Crippen LogP contribution >= 0.6 is 15.9 Å². The summed E-state index contributed by atoms with van der Waals surface area (Å²) >= 11 is 3.38. The van der Waals surface area contributed by atoms with E-state index >= 15 is 0 Å². The van der Waals surface area contributed by atoms with Gasteiger partial charge in [-0.25, -0.2) is 4.39 Å². The zero-order valence-electron chi connectivity index (χ0n) is 11.9. The zero-order chi connectivity index (χ0) is 14.9. The summed E-state index contributed by atoms with van der Waals surface area (Å²) < 4.78 is 15.2. The minimum atomic E-state index is -1.23. The van der Waals surface area contributed by atoms with Gasteiger partial charge in [0, 0.05) is 16.5 Å². The van der Waals surface area contributed by atoms with Crippen LogP contribution in [0.1, 0.15) is 29.2 Å². The van der Waals surface area contributed by atoms with Gasteiger partial charge < -0.3 is 5.11 Å². The summed E-state index contributed by atoms with van der Waals surface area (Å²) in [5, 5.41) is 10.7. The van der Waals surface area contributed by atoms with Crippen LogP contribution in [-0.4, -0.2) is 5.11 Å². The second kappa shape index (κ2) is 5.66. The van der Waals surface area contributed by atoms with Gasteiger partial charge in [0.2, 0.25) is 0 Å². The first-order valence-corrected chi connectivity index (χ1v) is 7.33. The van der Waals surface area contributed by atoms with Crippen LogP contribution < -0.4 is 0 Å². The van der Waals surface area contributed by atoms with Crippen molar-refractivity contribution in [3.05, 3.63) is 68.9 Å². The van der Waals surface area contributed by atoms with Gasteiger partial charge >= 0.3 is 0 Å². The van der Waals surface area contributed by atoms with E-state index in [9.17, 15) is 9.50 Å². The van der Waals surface area contributed by atoms with Gasteiger partial charge in [0.25, 0.3) is 0 Å². The van der Waals surface area contributed by atoms with Gasteiger partial charge in [0.15, 0.2) is 0 Å². The molecule has 2 aromatic carbocycles. The fourth-order valence-corrected chi connectivity index (χ4v) is 2.95. The van der Waals surface area contributed by atoms with Gasteiger partial charge in [-0.05, 0) is 55.7 Å². The summed E-state index contributed by atoms with van der Waals surface area (Å²) in [5.74, 6) is -0.343. The van der Waals surface area contributed by atoms with Crippen molar-refractivity contribution in [2.75, 3.05) is 0 Å². The summed E-state index contributed by atoms with van der Waals surface area (Å²) in [4.78, 5) is 0. The van der Waals surface area contributed by atoms with Crippen molar-refractivity contribution < 1.29 is 9.50 Å². The molecule has 0 aliphatic heterocycles. The molecule has 2 aromatic rings. The minimum Gasteiger partial charge on any atom is -0.385 e. The SMILES string of the molecule is Cc1cc(C)c(C(C)(O)Cc2ccc(Br)cc2)c(F)c1. The van der Waals surface area contributed by atoms with Gasteiger partial charge in [-0.1, -0.05) is 34.1 Å². The Morgan fingerprint density at radius 1 is 1.15 bits per heavy atom. The third-order valence-corrected chi connectivity index (χ3v) is 3.96. The van der Waals surface area contributed by atoms with Gasteiger partial charge in [-0.2, -0.15) is 0 Å². The monoisotopic (exact) mass is 336 g/mol. The van der Waals surface area contributed by atoms with E-state index in [1.807, 2.05) is 44.2 Å². The fraction of sp³-hybridized carbons (Fsp3) is 0.294. The van der Waals surface area contributed by atoms with Crippen molar-refractivity contribution in [2.24, 2.45) is 0 Å². The van der Waals surface area contributed by atoms with E-state index in [1.54, 1.807) is 6.92 Å². The molecule has 1 nitrogen and oxygen atoms in total. The Morgan fingerprint density at radius 3 is 2.30 bits per heavy atom. The van der Waals surface area contributed by atoms with E-state index in [2.05, 4.69) is 15.9 Å². The quantitative estimate of drug-likeness (QED) is 0.864. The van der Waals surface area contributed by atoms with Gasteiger partial charge in [-0.3, -0.25) is 0 Å². The Balaban J connectivity index is 2.37. The van der Waals surface area contributed by atoms with Crippen LogP contribution in [0.4, 0.5) is 4.39 Å². The lowest BCUT2D eigenvalue weighted by molar-refractivity contribution is 0.0531. The summed E-state index contributed by atoms with van der Waals surface area (Å²) in [5.41, 5.74) is 1.77. The largest absolute Gasteiger partial charge is 0.385 e. The van der Waals surface area contributed by atoms with E-state index < -0.39 is 5.60 Å². The maximum absolute atomic E-state index is 14.2. The molecule has 3 heteroatoms. The van der Waals surface area contributed by atoms with Gasteiger partial charge in [-0.15, -0.1) is 0 Å². The molecule has 0 aliphatic carbocycles. The number of aryl methyl sites for hydroxylation is 2. The average molecular weight is 337 g/mol. The molecule has 2 rings (SSSR count). The van der Waals surface area contributed by atoms with E-state index in [0.29, 0.717) is 12.0 Å². The molecule has 0 radical (unpaired) electrons. The zero-order valence-corrected chi connectivity index (χ0v) is 13.5. The van der Waals surface area contributed by atoms with Crippen molar-refractivity contribution in [3.63, 3.8) is 0 Å². The molecule has 0 spiro atoms. The summed E-state index contributed by atoms with van der Waals surface area (Å²) in [7, 11) is 0. The van der Waals surface area contributed by atoms with Crippen LogP contribution in [0.15, 0.2) is 40.9 Å². The molecule has 20 heavy (non-hydrogen) atoms. The van der Waals surface area contributed by atoms with E-state index in [4.69, 9.17) is 0 Å². The van der Waals surface area contributed by atoms with Gasteiger partial charge in [0.1, 0.15) is 5.82 Å². The van der Waals surface area contributed by atoms with E-state index in [-0.39, 0.29) is 5.82 Å². The predicted molar refractivity (Wildman–Crippen MR) is 83.3 cm³/mol. The highest BCUT2D eigenvalue weighted by atomic mass is 79.9. The molecule has 0 heterocycles. The fourth-order valence-electron chi connectivity index (χ4n) is 2.69. The first kappa shape index (κ1) is 15.2. The molecule has 1 unspecified atom stereocenters. The van der Waals surface area contributed by atoms with Gasteiger partial charge in [0.05, 0.1) is 5.60 Å². The Hall–Kier alpha value is -1.19. The highest BCUT2D eigenvalue weighted by Crippen LogP contribution is 2.31. The maximum atomic E-state index is 14.2. The van der Waals surface area contributed by atoms with Crippen molar-refractivity contribution in [1.82, 2.24) is 0 Å². The first-order valence-electron chi connectivity index (χ1n) is 6.53. The van der Waals surface area contributed by atoms with Crippen LogP contribution in [0.3, 0.4) is 0 Å². The summed E-state index contributed by atoms with van der Waals surface area (Å²) in [6.07, 6.45) is 0.376. The molecular weight excluding hydrogens is 319 g/mol. The molecule has 0 fully saturated rings. The Labute approximate surface area is 127 Å². The normalized spacial score (nSPS) is 14.1. The minimum absolute atomic E-state index is 0.343. The van der Waals surface area contributed by atoms with Crippen LogP contribution in [-0.2, 0) is 12.0 Å². The highest BCUT2D eigenvalue weighted by Gasteiger charge is 2.29. The second-order valence-electron chi connectivity index (χ2n) is 5.52. The van der Waals surface area contributed by atoms with Crippen molar-refractivity contribution in [2.45, 2.75) is 32.8 Å². The van der Waals surface area contributed by atoms with Crippen LogP contribution in [0.25, 0.3) is 0 Å². The number of rotatable bonds is 3. The predicted octanol–water partition coefficient (Wildman–Crippen LogP) is 4.66. The van der Waals surface area contributed by atoms with Crippen LogP contribution in [0.2, 0.25) is 0 Å². The van der Waals surface area contributed by atoms with Crippen molar-refractivity contribution >= 4 is 15.9 Å². The van der Waals surface area contributed by atoms with E-state index in [0.717, 1.165) is 21.2 Å². The molecule has 0 saturated heterocycles.